The highest BCUT2D eigenvalue weighted by Gasteiger charge is 2.25. The van der Waals surface area contributed by atoms with Gasteiger partial charge in [-0.05, 0) is 66.4 Å². The summed E-state index contributed by atoms with van der Waals surface area (Å²) in [5.74, 6) is -0.491. The van der Waals surface area contributed by atoms with E-state index in [1.807, 2.05) is 29.0 Å². The van der Waals surface area contributed by atoms with E-state index < -0.39 is 8.07 Å². The molecule has 0 saturated carbocycles. The van der Waals surface area contributed by atoms with Crippen LogP contribution in [0.25, 0.3) is 22.3 Å². The molecule has 0 radical (unpaired) electrons. The molecule has 3 aromatic heterocycles. The zero-order chi connectivity index (χ0) is 25.3. The molecule has 4 aromatic rings. The highest BCUT2D eigenvalue weighted by molar-refractivity contribution is 6.76. The number of nitrogens with zero attached hydrogens (tertiary/aromatic N) is 3. The number of rotatable bonds is 8. The summed E-state index contributed by atoms with van der Waals surface area (Å²) in [6.45, 7) is 8.23. The number of hydrogen-bond donors (Lipinski definition) is 1. The average molecular weight is 503 g/mol. The maximum atomic E-state index is 13.7. The van der Waals surface area contributed by atoms with E-state index in [1.54, 1.807) is 24.5 Å². The van der Waals surface area contributed by atoms with Crippen LogP contribution in [0.4, 0.5) is 4.39 Å². The number of nitrogens with one attached hydrogen (secondary N) is 1. The van der Waals surface area contributed by atoms with Crippen molar-refractivity contribution in [1.82, 2.24) is 19.9 Å². The number of ether oxygens (including phenoxy) is 1. The lowest BCUT2D eigenvalue weighted by Gasteiger charge is -2.15. The maximum absolute atomic E-state index is 13.7. The molecule has 1 aliphatic rings. The summed E-state index contributed by atoms with van der Waals surface area (Å²) < 4.78 is 21.6. The fourth-order valence-electron chi connectivity index (χ4n) is 4.61. The minimum Gasteiger partial charge on any atom is -0.361 e. The van der Waals surface area contributed by atoms with Crippen LogP contribution in [-0.4, -0.2) is 35.1 Å². The third-order valence-corrected chi connectivity index (χ3v) is 8.39. The summed E-state index contributed by atoms with van der Waals surface area (Å²) in [5.41, 5.74) is 4.99. The third kappa shape index (κ3) is 5.24. The molecular formula is C28H31FN4O2Si. The molecule has 0 fully saturated rings. The number of amides is 1. The van der Waals surface area contributed by atoms with Gasteiger partial charge < -0.3 is 14.6 Å². The second-order valence-corrected chi connectivity index (χ2v) is 16.2. The molecule has 1 atom stereocenters. The van der Waals surface area contributed by atoms with E-state index in [4.69, 9.17) is 4.74 Å². The molecule has 0 unspecified atom stereocenters. The molecule has 1 aliphatic carbocycles. The summed E-state index contributed by atoms with van der Waals surface area (Å²) in [4.78, 5) is 22.0. The highest BCUT2D eigenvalue weighted by Crippen LogP contribution is 2.32. The molecule has 0 bridgehead atoms. The molecule has 0 saturated heterocycles. The maximum Gasteiger partial charge on any atom is 0.253 e. The van der Waals surface area contributed by atoms with E-state index >= 15 is 0 Å². The number of hydrogen-bond acceptors (Lipinski definition) is 4. The van der Waals surface area contributed by atoms with Gasteiger partial charge >= 0.3 is 0 Å². The van der Waals surface area contributed by atoms with Gasteiger partial charge in [0.05, 0.1) is 17.3 Å². The largest absolute Gasteiger partial charge is 0.361 e. The Balaban J connectivity index is 1.28. The standard InChI is InChI=1S/C28H31FN4O2Si/c1-36(2,3)15-14-35-18-33-13-11-23-22(10-12-30-27(23)33)25-8-6-20(17-31-25)28(34)32-26-9-5-19-4-7-21(29)16-24(19)26/h4,6-8,10-13,16-17,26H,5,9,14-15,18H2,1-3H3,(H,32,34)/t26-/m0/s1. The Labute approximate surface area is 211 Å². The predicted octanol–water partition coefficient (Wildman–Crippen LogP) is 5.97. The van der Waals surface area contributed by atoms with Crippen LogP contribution < -0.4 is 5.32 Å². The van der Waals surface area contributed by atoms with Crippen LogP contribution in [0, 0.1) is 5.82 Å². The summed E-state index contributed by atoms with van der Waals surface area (Å²) in [7, 11) is -1.13. The van der Waals surface area contributed by atoms with Crippen molar-refractivity contribution < 1.29 is 13.9 Å². The molecule has 1 amide bonds. The van der Waals surface area contributed by atoms with Gasteiger partial charge in [0.15, 0.2) is 0 Å². The zero-order valence-corrected chi connectivity index (χ0v) is 21.9. The lowest BCUT2D eigenvalue weighted by atomic mass is 10.1. The fraction of sp³-hybridized carbons (Fsp3) is 0.321. The van der Waals surface area contributed by atoms with Crippen LogP contribution in [0.2, 0.25) is 25.7 Å². The molecule has 5 rings (SSSR count). The van der Waals surface area contributed by atoms with Crippen LogP contribution in [0.1, 0.15) is 33.9 Å². The van der Waals surface area contributed by atoms with Crippen LogP contribution >= 0.6 is 0 Å². The Morgan fingerprint density at radius 3 is 2.81 bits per heavy atom. The number of fused-ring (bicyclic) bond motifs is 2. The van der Waals surface area contributed by atoms with Crippen molar-refractivity contribution >= 4 is 25.0 Å². The average Bonchev–Trinajstić information content (AvgIpc) is 3.45. The van der Waals surface area contributed by atoms with E-state index in [0.29, 0.717) is 12.3 Å². The summed E-state index contributed by atoms with van der Waals surface area (Å²) >= 11 is 0. The Kier molecular flexibility index (Phi) is 6.72. The molecule has 0 aliphatic heterocycles. The molecule has 186 valence electrons. The second kappa shape index (κ2) is 9.95. The van der Waals surface area contributed by atoms with Crippen molar-refractivity contribution in [3.63, 3.8) is 0 Å². The molecule has 6 nitrogen and oxygen atoms in total. The van der Waals surface area contributed by atoms with Gasteiger partial charge in [-0.25, -0.2) is 9.37 Å². The minimum absolute atomic E-state index is 0.185. The number of aryl methyl sites for hydroxylation is 1. The predicted molar refractivity (Wildman–Crippen MR) is 142 cm³/mol. The van der Waals surface area contributed by atoms with Gasteiger partial charge in [0, 0.05) is 44.2 Å². The van der Waals surface area contributed by atoms with E-state index in [0.717, 1.165) is 58.9 Å². The van der Waals surface area contributed by atoms with Crippen molar-refractivity contribution in [2.75, 3.05) is 6.61 Å². The van der Waals surface area contributed by atoms with E-state index in [-0.39, 0.29) is 17.8 Å². The lowest BCUT2D eigenvalue weighted by Crippen LogP contribution is -2.27. The normalized spacial score (nSPS) is 15.3. The number of benzene rings is 1. The molecule has 1 N–H and O–H groups in total. The Morgan fingerprint density at radius 2 is 2.03 bits per heavy atom. The molecular weight excluding hydrogens is 471 g/mol. The molecule has 8 heteroatoms. The van der Waals surface area contributed by atoms with Crippen LogP contribution in [0.3, 0.4) is 0 Å². The van der Waals surface area contributed by atoms with Gasteiger partial charge in [0.1, 0.15) is 18.2 Å². The molecule has 0 spiro atoms. The van der Waals surface area contributed by atoms with Gasteiger partial charge in [-0.2, -0.15) is 0 Å². The zero-order valence-electron chi connectivity index (χ0n) is 20.9. The van der Waals surface area contributed by atoms with Crippen molar-refractivity contribution in [3.05, 3.63) is 83.6 Å². The first-order valence-electron chi connectivity index (χ1n) is 12.4. The minimum atomic E-state index is -1.13. The number of carbonyl (C=O) groups excluding carboxylic acids is 1. The molecule has 1 aromatic carbocycles. The third-order valence-electron chi connectivity index (χ3n) is 6.68. The topological polar surface area (TPSA) is 69.0 Å². The van der Waals surface area contributed by atoms with Crippen molar-refractivity contribution in [2.24, 2.45) is 0 Å². The van der Waals surface area contributed by atoms with E-state index in [9.17, 15) is 9.18 Å². The number of halogens is 1. The summed E-state index contributed by atoms with van der Waals surface area (Å²) in [5, 5.41) is 4.02. The van der Waals surface area contributed by atoms with Gasteiger partial charge in [-0.15, -0.1) is 0 Å². The molecule has 3 heterocycles. The number of pyridine rings is 2. The second-order valence-electron chi connectivity index (χ2n) is 10.6. The van der Waals surface area contributed by atoms with E-state index in [2.05, 4.69) is 34.9 Å². The fourth-order valence-corrected chi connectivity index (χ4v) is 5.37. The Hall–Kier alpha value is -3.36. The first-order chi connectivity index (χ1) is 17.3. The van der Waals surface area contributed by atoms with Crippen molar-refractivity contribution in [2.45, 2.75) is 51.3 Å². The first kappa shape index (κ1) is 24.3. The summed E-state index contributed by atoms with van der Waals surface area (Å²) in [6.07, 6.45) is 6.95. The van der Waals surface area contributed by atoms with Crippen molar-refractivity contribution in [3.8, 4) is 11.3 Å². The number of aromatic nitrogens is 3. The lowest BCUT2D eigenvalue weighted by molar-refractivity contribution is 0.0898. The van der Waals surface area contributed by atoms with Crippen molar-refractivity contribution in [1.29, 1.82) is 0 Å². The first-order valence-corrected chi connectivity index (χ1v) is 16.1. The monoisotopic (exact) mass is 502 g/mol. The van der Waals surface area contributed by atoms with Crippen LogP contribution in [0.5, 0.6) is 0 Å². The number of carbonyl (C=O) groups is 1. The van der Waals surface area contributed by atoms with Gasteiger partial charge in [-0.1, -0.05) is 25.7 Å². The smallest absolute Gasteiger partial charge is 0.253 e. The van der Waals surface area contributed by atoms with Gasteiger partial charge in [0.2, 0.25) is 0 Å². The Morgan fingerprint density at radius 1 is 1.17 bits per heavy atom. The van der Waals surface area contributed by atoms with Crippen LogP contribution in [-0.2, 0) is 17.9 Å². The SMILES string of the molecule is C[Si](C)(C)CCOCn1ccc2c(-c3ccc(C(=O)N[C@H]4CCc5ccc(F)cc54)cn3)ccnc21. The summed E-state index contributed by atoms with van der Waals surface area (Å²) in [6, 6.07) is 13.3. The van der Waals surface area contributed by atoms with Gasteiger partial charge in [-0.3, -0.25) is 9.78 Å². The van der Waals surface area contributed by atoms with E-state index in [1.165, 1.54) is 12.1 Å². The van der Waals surface area contributed by atoms with Gasteiger partial charge in [0.25, 0.3) is 5.91 Å². The van der Waals surface area contributed by atoms with Crippen LogP contribution in [0.15, 0.2) is 61.1 Å². The molecule has 36 heavy (non-hydrogen) atoms. The quantitative estimate of drug-likeness (QED) is 0.238. The highest BCUT2D eigenvalue weighted by atomic mass is 28.3. The Bertz CT molecular complexity index is 1400.